The second-order valence-corrected chi connectivity index (χ2v) is 6.23. The Bertz CT molecular complexity index is 397. The molecule has 0 aromatic carbocycles. The van der Waals surface area contributed by atoms with Crippen molar-refractivity contribution in [3.05, 3.63) is 21.9 Å². The van der Waals surface area contributed by atoms with Crippen LogP contribution < -0.4 is 0 Å². The number of ether oxygens (including phenoxy) is 1. The van der Waals surface area contributed by atoms with E-state index < -0.39 is 0 Å². The minimum atomic E-state index is -0.0211. The predicted octanol–water partition coefficient (Wildman–Crippen LogP) is 3.75. The van der Waals surface area contributed by atoms with Gasteiger partial charge in [0.15, 0.2) is 0 Å². The summed E-state index contributed by atoms with van der Waals surface area (Å²) in [7, 11) is 1.48. The zero-order valence-corrected chi connectivity index (χ0v) is 11.5. The summed E-state index contributed by atoms with van der Waals surface area (Å²) < 4.78 is 4.79. The van der Waals surface area contributed by atoms with Crippen molar-refractivity contribution in [1.82, 2.24) is 0 Å². The summed E-state index contributed by atoms with van der Waals surface area (Å²) in [4.78, 5) is 14.2. The van der Waals surface area contributed by atoms with E-state index in [0.717, 1.165) is 19.3 Å². The van der Waals surface area contributed by atoms with Crippen LogP contribution in [-0.4, -0.2) is 13.1 Å². The molecule has 1 fully saturated rings. The molecule has 1 aromatic heterocycles. The maximum absolute atomic E-state index is 11.4. The van der Waals surface area contributed by atoms with Crippen molar-refractivity contribution in [3.63, 3.8) is 0 Å². The zero-order chi connectivity index (χ0) is 12.4. The highest BCUT2D eigenvalue weighted by molar-refractivity contribution is 7.12. The summed E-state index contributed by atoms with van der Waals surface area (Å²) in [6.45, 7) is 4.38. The molecule has 0 spiro atoms. The average Bonchev–Trinajstić information content (AvgIpc) is 2.98. The average molecular weight is 252 g/mol. The van der Waals surface area contributed by atoms with E-state index in [-0.39, 0.29) is 11.9 Å². The molecular weight excluding hydrogens is 232 g/mol. The Labute approximate surface area is 107 Å². The number of carbonyl (C=O) groups excluding carboxylic acids is 1. The number of carbonyl (C=O) groups is 1. The van der Waals surface area contributed by atoms with Crippen LogP contribution in [0.5, 0.6) is 0 Å². The lowest BCUT2D eigenvalue weighted by atomic mass is 9.97. The molecule has 94 valence electrons. The molecule has 2 rings (SSSR count). The van der Waals surface area contributed by atoms with Crippen LogP contribution in [0.4, 0.5) is 0 Å². The summed E-state index contributed by atoms with van der Waals surface area (Å²) in [6.07, 6.45) is 3.31. The molecule has 0 aliphatic heterocycles. The first-order valence-electron chi connectivity index (χ1n) is 6.29. The van der Waals surface area contributed by atoms with E-state index in [1.807, 2.05) is 11.3 Å². The van der Waals surface area contributed by atoms with Crippen molar-refractivity contribution in [3.8, 4) is 0 Å². The van der Waals surface area contributed by atoms with Crippen LogP contribution >= 0.6 is 11.3 Å². The van der Waals surface area contributed by atoms with Crippen LogP contribution in [0.1, 0.15) is 41.9 Å². The van der Waals surface area contributed by atoms with Crippen LogP contribution in [0.15, 0.2) is 12.1 Å². The third-order valence-electron chi connectivity index (χ3n) is 3.67. The zero-order valence-electron chi connectivity index (χ0n) is 10.7. The van der Waals surface area contributed by atoms with Crippen LogP contribution in [0.3, 0.4) is 0 Å². The number of hydrogen-bond acceptors (Lipinski definition) is 3. The van der Waals surface area contributed by atoms with Gasteiger partial charge in [0.05, 0.1) is 13.0 Å². The first kappa shape index (κ1) is 12.6. The molecule has 2 nitrogen and oxygen atoms in total. The van der Waals surface area contributed by atoms with E-state index in [1.54, 1.807) is 0 Å². The number of hydrogen-bond donors (Lipinski definition) is 0. The van der Waals surface area contributed by atoms with Crippen molar-refractivity contribution in [2.45, 2.75) is 39.0 Å². The molecule has 17 heavy (non-hydrogen) atoms. The first-order valence-corrected chi connectivity index (χ1v) is 7.11. The molecule has 1 saturated carbocycles. The van der Waals surface area contributed by atoms with Crippen molar-refractivity contribution in [2.24, 2.45) is 11.8 Å². The lowest BCUT2D eigenvalue weighted by Crippen LogP contribution is -2.06. The fourth-order valence-electron chi connectivity index (χ4n) is 2.47. The quantitative estimate of drug-likeness (QED) is 0.746. The second kappa shape index (κ2) is 5.21. The monoisotopic (exact) mass is 252 g/mol. The Morgan fingerprint density at radius 2 is 2.35 bits per heavy atom. The van der Waals surface area contributed by atoms with Crippen molar-refractivity contribution in [1.29, 1.82) is 0 Å². The Balaban J connectivity index is 1.92. The van der Waals surface area contributed by atoms with Gasteiger partial charge >= 0.3 is 5.97 Å². The minimum absolute atomic E-state index is 0.0211. The van der Waals surface area contributed by atoms with E-state index >= 15 is 0 Å². The largest absolute Gasteiger partial charge is 0.469 e. The van der Waals surface area contributed by atoms with E-state index in [0.29, 0.717) is 11.8 Å². The molecule has 1 heterocycles. The Morgan fingerprint density at radius 3 is 2.88 bits per heavy atom. The number of thiophene rings is 1. The highest BCUT2D eigenvalue weighted by Crippen LogP contribution is 2.47. The topological polar surface area (TPSA) is 26.3 Å². The molecule has 3 heteroatoms. The van der Waals surface area contributed by atoms with Gasteiger partial charge in [0, 0.05) is 9.75 Å². The maximum atomic E-state index is 11.4. The molecule has 0 N–H and O–H groups in total. The molecule has 3 unspecified atom stereocenters. The fourth-order valence-corrected chi connectivity index (χ4v) is 3.54. The third kappa shape index (κ3) is 2.89. The SMILES string of the molecule is CCC(CC1CC1C(=O)OC)c1ccc(C)s1. The number of aryl methyl sites for hydroxylation is 1. The van der Waals surface area contributed by atoms with E-state index in [1.165, 1.54) is 16.9 Å². The Hall–Kier alpha value is -0.830. The predicted molar refractivity (Wildman–Crippen MR) is 70.3 cm³/mol. The van der Waals surface area contributed by atoms with Gasteiger partial charge in [-0.2, -0.15) is 0 Å². The standard InChI is InChI=1S/C14H20O2S/c1-4-10(13-6-5-9(2)17-13)7-11-8-12(11)14(15)16-3/h5-6,10-12H,4,7-8H2,1-3H3. The van der Waals surface area contributed by atoms with E-state index in [9.17, 15) is 4.79 Å². The number of rotatable bonds is 5. The van der Waals surface area contributed by atoms with Gasteiger partial charge in [-0.15, -0.1) is 11.3 Å². The van der Waals surface area contributed by atoms with Gasteiger partial charge in [0.2, 0.25) is 0 Å². The van der Waals surface area contributed by atoms with Crippen molar-refractivity contribution >= 4 is 17.3 Å². The van der Waals surface area contributed by atoms with Crippen LogP contribution in [0, 0.1) is 18.8 Å². The van der Waals surface area contributed by atoms with Crippen LogP contribution in [0.2, 0.25) is 0 Å². The summed E-state index contributed by atoms with van der Waals surface area (Å²) in [5.74, 6) is 1.32. The Kier molecular flexibility index (Phi) is 3.87. The van der Waals surface area contributed by atoms with Gasteiger partial charge in [0.1, 0.15) is 0 Å². The molecule has 0 amide bonds. The summed E-state index contributed by atoms with van der Waals surface area (Å²) >= 11 is 1.89. The van der Waals surface area contributed by atoms with Gasteiger partial charge < -0.3 is 4.74 Å². The lowest BCUT2D eigenvalue weighted by Gasteiger charge is -2.12. The maximum Gasteiger partial charge on any atom is 0.308 e. The van der Waals surface area contributed by atoms with Crippen LogP contribution in [-0.2, 0) is 9.53 Å². The van der Waals surface area contributed by atoms with Crippen molar-refractivity contribution in [2.75, 3.05) is 7.11 Å². The molecular formula is C14H20O2S. The second-order valence-electron chi connectivity index (χ2n) is 4.91. The molecule has 0 saturated heterocycles. The summed E-state index contributed by atoms with van der Waals surface area (Å²) in [5, 5.41) is 0. The Morgan fingerprint density at radius 1 is 1.59 bits per heavy atom. The highest BCUT2D eigenvalue weighted by atomic mass is 32.1. The molecule has 0 bridgehead atoms. The van der Waals surface area contributed by atoms with Crippen molar-refractivity contribution < 1.29 is 9.53 Å². The summed E-state index contributed by atoms with van der Waals surface area (Å²) in [5.41, 5.74) is 0. The highest BCUT2D eigenvalue weighted by Gasteiger charge is 2.44. The number of esters is 1. The molecule has 1 aliphatic carbocycles. The normalized spacial score (nSPS) is 24.4. The van der Waals surface area contributed by atoms with Crippen LogP contribution in [0.25, 0.3) is 0 Å². The molecule has 1 aromatic rings. The molecule has 1 aliphatic rings. The van der Waals surface area contributed by atoms with Gasteiger partial charge in [0.25, 0.3) is 0 Å². The van der Waals surface area contributed by atoms with Gasteiger partial charge in [-0.1, -0.05) is 6.92 Å². The van der Waals surface area contributed by atoms with E-state index in [4.69, 9.17) is 4.74 Å². The number of methoxy groups -OCH3 is 1. The van der Waals surface area contributed by atoms with Gasteiger partial charge in [-0.05, 0) is 50.2 Å². The van der Waals surface area contributed by atoms with Gasteiger partial charge in [-0.25, -0.2) is 0 Å². The molecule has 3 atom stereocenters. The van der Waals surface area contributed by atoms with Gasteiger partial charge in [-0.3, -0.25) is 4.79 Å². The van der Waals surface area contributed by atoms with E-state index in [2.05, 4.69) is 26.0 Å². The smallest absolute Gasteiger partial charge is 0.308 e. The summed E-state index contributed by atoms with van der Waals surface area (Å²) in [6, 6.07) is 4.43. The third-order valence-corrected chi connectivity index (χ3v) is 4.83. The molecule has 0 radical (unpaired) electrons. The lowest BCUT2D eigenvalue weighted by molar-refractivity contribution is -0.142. The fraction of sp³-hybridized carbons (Fsp3) is 0.643. The minimum Gasteiger partial charge on any atom is -0.469 e. The first-order chi connectivity index (χ1) is 8.15.